The third kappa shape index (κ3) is 8.69. The topological polar surface area (TPSA) is 12.0 Å². The average Bonchev–Trinajstić information content (AvgIpc) is 1.59. The zero-order chi connectivity index (χ0) is 8.20. The van der Waals surface area contributed by atoms with Crippen LogP contribution in [-0.2, 0) is 0 Å². The third-order valence-corrected chi connectivity index (χ3v) is 1.52. The molecule has 2 heteroatoms. The van der Waals surface area contributed by atoms with Crippen LogP contribution in [0.15, 0.2) is 0 Å². The van der Waals surface area contributed by atoms with Crippen LogP contribution in [0.5, 0.6) is 0 Å². The molecule has 0 aromatic heterocycles. The molecule has 0 saturated heterocycles. The van der Waals surface area contributed by atoms with Crippen molar-refractivity contribution in [3.05, 3.63) is 0 Å². The molecule has 0 bridgehead atoms. The van der Waals surface area contributed by atoms with Crippen LogP contribution in [-0.4, -0.2) is 17.0 Å². The van der Waals surface area contributed by atoms with Gasteiger partial charge in [-0.25, -0.2) is 0 Å². The summed E-state index contributed by atoms with van der Waals surface area (Å²) >= 11 is 2.43. The van der Waals surface area contributed by atoms with E-state index in [1.54, 1.807) is 0 Å². The zero-order valence-corrected chi connectivity index (χ0v) is 9.53. The zero-order valence-electron chi connectivity index (χ0n) is 7.37. The molecule has 0 aliphatic heterocycles. The van der Waals surface area contributed by atoms with E-state index in [-0.39, 0.29) is 0 Å². The van der Waals surface area contributed by atoms with Gasteiger partial charge in [0.25, 0.3) is 0 Å². The number of halogens is 1. The molecule has 1 nitrogen and oxygen atoms in total. The maximum atomic E-state index is 3.42. The van der Waals surface area contributed by atoms with Crippen molar-refractivity contribution in [1.82, 2.24) is 5.32 Å². The smallest absolute Gasteiger partial charge is 0.0206 e. The van der Waals surface area contributed by atoms with Crippen LogP contribution in [0.1, 0.15) is 27.7 Å². The molecule has 0 aromatic carbocycles. The summed E-state index contributed by atoms with van der Waals surface area (Å²) in [6.45, 7) is 11.2. The normalized spacial score (nSPS) is 15.3. The first-order valence-electron chi connectivity index (χ1n) is 3.76. The quantitative estimate of drug-likeness (QED) is 0.603. The van der Waals surface area contributed by atoms with Crippen molar-refractivity contribution in [2.75, 3.05) is 13.1 Å². The van der Waals surface area contributed by atoms with E-state index in [1.807, 2.05) is 0 Å². The van der Waals surface area contributed by atoms with E-state index in [4.69, 9.17) is 0 Å². The van der Waals surface area contributed by atoms with Gasteiger partial charge < -0.3 is 5.32 Å². The third-order valence-electron chi connectivity index (χ3n) is 1.08. The average molecular weight is 255 g/mol. The van der Waals surface area contributed by atoms with Crippen molar-refractivity contribution < 1.29 is 0 Å². The second-order valence-electron chi connectivity index (χ2n) is 3.97. The van der Waals surface area contributed by atoms with E-state index in [2.05, 4.69) is 55.6 Å². The lowest BCUT2D eigenvalue weighted by Gasteiger charge is -2.19. The molecule has 10 heavy (non-hydrogen) atoms. The largest absolute Gasteiger partial charge is 0.315 e. The molecule has 1 N–H and O–H groups in total. The minimum atomic E-state index is 0.422. The summed E-state index contributed by atoms with van der Waals surface area (Å²) in [5.74, 6) is 0. The lowest BCUT2D eigenvalue weighted by molar-refractivity contribution is 0.382. The molecule has 0 unspecified atom stereocenters. The number of nitrogens with one attached hydrogen (secondary N) is 1. The van der Waals surface area contributed by atoms with E-state index in [0.29, 0.717) is 5.41 Å². The van der Waals surface area contributed by atoms with E-state index in [9.17, 15) is 0 Å². The first kappa shape index (κ1) is 10.7. The van der Waals surface area contributed by atoms with Crippen molar-refractivity contribution in [1.29, 1.82) is 0 Å². The van der Waals surface area contributed by atoms with Crippen molar-refractivity contribution in [2.45, 2.75) is 31.6 Å². The van der Waals surface area contributed by atoms with Gasteiger partial charge in [0.05, 0.1) is 0 Å². The Labute approximate surface area is 78.1 Å². The number of alkyl halides is 1. The summed E-state index contributed by atoms with van der Waals surface area (Å²) in [7, 11) is 0. The summed E-state index contributed by atoms with van der Waals surface area (Å²) < 4.78 is 0.736. The van der Waals surface area contributed by atoms with Gasteiger partial charge in [0, 0.05) is 17.0 Å². The molecule has 1 atom stereocenters. The minimum absolute atomic E-state index is 0.422. The van der Waals surface area contributed by atoms with Gasteiger partial charge in [-0.2, -0.15) is 0 Å². The highest BCUT2D eigenvalue weighted by atomic mass is 127. The van der Waals surface area contributed by atoms with Gasteiger partial charge in [0.1, 0.15) is 0 Å². The molecular weight excluding hydrogens is 237 g/mol. The van der Waals surface area contributed by atoms with Gasteiger partial charge in [0.2, 0.25) is 0 Å². The van der Waals surface area contributed by atoms with Gasteiger partial charge in [-0.15, -0.1) is 0 Å². The molecule has 0 spiro atoms. The van der Waals surface area contributed by atoms with E-state index in [1.165, 1.54) is 0 Å². The maximum Gasteiger partial charge on any atom is 0.0206 e. The Hall–Kier alpha value is 0.690. The van der Waals surface area contributed by atoms with Crippen LogP contribution in [0.2, 0.25) is 0 Å². The number of hydrogen-bond donors (Lipinski definition) is 1. The van der Waals surface area contributed by atoms with E-state index < -0.39 is 0 Å². The Bertz CT molecular complexity index is 83.7. The van der Waals surface area contributed by atoms with Crippen LogP contribution in [0.4, 0.5) is 0 Å². The van der Waals surface area contributed by atoms with Gasteiger partial charge in [-0.3, -0.25) is 0 Å². The molecule has 0 aliphatic carbocycles. The second-order valence-corrected chi connectivity index (χ2v) is 6.10. The van der Waals surface area contributed by atoms with Crippen molar-refractivity contribution in [3.8, 4) is 0 Å². The molecule has 0 fully saturated rings. The van der Waals surface area contributed by atoms with E-state index >= 15 is 0 Å². The fourth-order valence-electron chi connectivity index (χ4n) is 0.646. The van der Waals surface area contributed by atoms with Crippen LogP contribution in [0, 0.1) is 5.41 Å². The first-order chi connectivity index (χ1) is 4.42. The van der Waals surface area contributed by atoms with Crippen LogP contribution >= 0.6 is 22.6 Å². The Balaban J connectivity index is 3.21. The first-order valence-corrected chi connectivity index (χ1v) is 5.01. The molecule has 0 heterocycles. The van der Waals surface area contributed by atoms with Gasteiger partial charge >= 0.3 is 0 Å². The molecular formula is C8H18IN. The van der Waals surface area contributed by atoms with Crippen LogP contribution in [0.25, 0.3) is 0 Å². The van der Waals surface area contributed by atoms with Gasteiger partial charge in [-0.1, -0.05) is 50.3 Å². The van der Waals surface area contributed by atoms with Crippen molar-refractivity contribution in [3.63, 3.8) is 0 Å². The Morgan fingerprint density at radius 1 is 1.40 bits per heavy atom. The minimum Gasteiger partial charge on any atom is -0.315 e. The highest BCUT2D eigenvalue weighted by Crippen LogP contribution is 2.10. The molecule has 0 aliphatic rings. The number of rotatable bonds is 3. The standard InChI is InChI=1S/C8H18IN/c1-7(9)5-10-6-8(2,3)4/h7,10H,5-6H2,1-4H3/t7-/m0/s1. The molecule has 0 radical (unpaired) electrons. The van der Waals surface area contributed by atoms with Crippen LogP contribution in [0.3, 0.4) is 0 Å². The lowest BCUT2D eigenvalue weighted by atomic mass is 9.97. The Morgan fingerprint density at radius 3 is 2.20 bits per heavy atom. The summed E-state index contributed by atoms with van der Waals surface area (Å²) in [6, 6.07) is 0. The lowest BCUT2D eigenvalue weighted by Crippen LogP contribution is -2.30. The molecule has 0 saturated carbocycles. The maximum absolute atomic E-state index is 3.42. The summed E-state index contributed by atoms with van der Waals surface area (Å²) in [5.41, 5.74) is 0.422. The van der Waals surface area contributed by atoms with Gasteiger partial charge in [0.15, 0.2) is 0 Å². The molecule has 62 valence electrons. The Morgan fingerprint density at radius 2 is 1.90 bits per heavy atom. The van der Waals surface area contributed by atoms with Gasteiger partial charge in [-0.05, 0) is 5.41 Å². The summed E-state index contributed by atoms with van der Waals surface area (Å²) in [4.78, 5) is 0. The monoisotopic (exact) mass is 255 g/mol. The van der Waals surface area contributed by atoms with Crippen molar-refractivity contribution >= 4 is 22.6 Å². The fourth-order valence-corrected chi connectivity index (χ4v) is 0.957. The summed E-state index contributed by atoms with van der Waals surface area (Å²) in [6.07, 6.45) is 0. The predicted molar refractivity (Wildman–Crippen MR) is 55.8 cm³/mol. The molecule has 0 aromatic rings. The Kier molecular flexibility index (Phi) is 4.86. The SMILES string of the molecule is C[C@H](I)CNCC(C)(C)C. The molecule has 0 amide bonds. The highest BCUT2D eigenvalue weighted by Gasteiger charge is 2.08. The summed E-state index contributed by atoms with van der Waals surface area (Å²) in [5, 5.41) is 3.42. The van der Waals surface area contributed by atoms with Crippen molar-refractivity contribution in [2.24, 2.45) is 5.41 Å². The fraction of sp³-hybridized carbons (Fsp3) is 1.00. The van der Waals surface area contributed by atoms with Crippen LogP contribution < -0.4 is 5.32 Å². The highest BCUT2D eigenvalue weighted by molar-refractivity contribution is 14.1. The second kappa shape index (κ2) is 4.54. The predicted octanol–water partition coefficient (Wildman–Crippen LogP) is 2.45. The number of hydrogen-bond acceptors (Lipinski definition) is 1. The van der Waals surface area contributed by atoms with E-state index in [0.717, 1.165) is 17.0 Å². The molecule has 0 rings (SSSR count).